The summed E-state index contributed by atoms with van der Waals surface area (Å²) in [5.41, 5.74) is 0. The van der Waals surface area contributed by atoms with Gasteiger partial charge in [-0.3, -0.25) is 10.1 Å². The number of carbonyl (C=O) groups excluding carboxylic acids is 2. The molecule has 2 N–H and O–H groups in total. The van der Waals surface area contributed by atoms with E-state index in [1.807, 2.05) is 0 Å². The van der Waals surface area contributed by atoms with Crippen LogP contribution in [-0.2, 0) is 4.79 Å². The fourth-order valence-electron chi connectivity index (χ4n) is 0.776. The molecule has 14 heavy (non-hydrogen) atoms. The minimum Gasteiger partial charge on any atom is -0.337 e. The lowest BCUT2D eigenvalue weighted by molar-refractivity contribution is -0.120. The van der Waals surface area contributed by atoms with E-state index in [1.165, 1.54) is 6.33 Å². The summed E-state index contributed by atoms with van der Waals surface area (Å²) >= 11 is 0. The van der Waals surface area contributed by atoms with Gasteiger partial charge in [0.2, 0.25) is 5.91 Å². The first-order valence-electron chi connectivity index (χ1n) is 4.06. The highest BCUT2D eigenvalue weighted by molar-refractivity contribution is 5.96. The van der Waals surface area contributed by atoms with E-state index in [2.05, 4.69) is 20.6 Å². The third-order valence-electron chi connectivity index (χ3n) is 1.37. The Morgan fingerprint density at radius 1 is 1.21 bits per heavy atom. The number of imide groups is 1. The molecule has 1 aliphatic heterocycles. The van der Waals surface area contributed by atoms with Gasteiger partial charge >= 0.3 is 6.03 Å². The molecule has 2 rings (SSSR count). The third kappa shape index (κ3) is 4.15. The van der Waals surface area contributed by atoms with E-state index >= 15 is 0 Å². The highest BCUT2D eigenvalue weighted by atomic mass is 16.2. The number of urea groups is 1. The average Bonchev–Trinajstić information content (AvgIpc) is 2.21. The quantitative estimate of drug-likeness (QED) is 0.593. The van der Waals surface area contributed by atoms with E-state index in [1.54, 1.807) is 18.5 Å². The van der Waals surface area contributed by atoms with Crippen molar-refractivity contribution < 1.29 is 9.59 Å². The van der Waals surface area contributed by atoms with Crippen molar-refractivity contribution in [3.05, 3.63) is 24.8 Å². The molecule has 0 aliphatic carbocycles. The normalized spacial score (nSPS) is 14.6. The maximum Gasteiger partial charge on any atom is 0.321 e. The Hall–Kier alpha value is -1.98. The maximum atomic E-state index is 10.3. The van der Waals surface area contributed by atoms with Crippen LogP contribution in [0, 0.1) is 0 Å². The zero-order valence-corrected chi connectivity index (χ0v) is 7.43. The second kappa shape index (κ2) is 5.63. The van der Waals surface area contributed by atoms with E-state index in [0.717, 1.165) is 0 Å². The van der Waals surface area contributed by atoms with Gasteiger partial charge in [0.1, 0.15) is 6.33 Å². The molecule has 0 bridgehead atoms. The predicted molar refractivity (Wildman–Crippen MR) is 48.2 cm³/mol. The third-order valence-corrected chi connectivity index (χ3v) is 1.37. The van der Waals surface area contributed by atoms with Crippen LogP contribution in [0.25, 0.3) is 0 Å². The van der Waals surface area contributed by atoms with Crippen LogP contribution in [0.15, 0.2) is 24.8 Å². The number of carbonyl (C=O) groups is 2. The molecule has 6 heteroatoms. The molecule has 74 valence electrons. The maximum absolute atomic E-state index is 10.3. The fourth-order valence-corrected chi connectivity index (χ4v) is 0.776. The van der Waals surface area contributed by atoms with Crippen molar-refractivity contribution in [3.8, 4) is 0 Å². The molecule has 1 saturated heterocycles. The molecule has 0 aromatic carbocycles. The van der Waals surface area contributed by atoms with Crippen LogP contribution in [-0.4, -0.2) is 28.5 Å². The van der Waals surface area contributed by atoms with Crippen LogP contribution < -0.4 is 10.6 Å². The molecule has 0 unspecified atom stereocenters. The summed E-state index contributed by atoms with van der Waals surface area (Å²) in [6, 6.07) is 1.39. The van der Waals surface area contributed by atoms with Crippen LogP contribution in [0.5, 0.6) is 0 Å². The number of hydrogen-bond acceptors (Lipinski definition) is 4. The second-order valence-electron chi connectivity index (χ2n) is 2.46. The monoisotopic (exact) mass is 194 g/mol. The minimum absolute atomic E-state index is 0.200. The molecular weight excluding hydrogens is 184 g/mol. The number of hydrogen-bond donors (Lipinski definition) is 2. The minimum atomic E-state index is -0.388. The van der Waals surface area contributed by atoms with Crippen molar-refractivity contribution in [1.82, 2.24) is 20.6 Å². The van der Waals surface area contributed by atoms with Gasteiger partial charge in [0.25, 0.3) is 0 Å². The standard InChI is InChI=1S/C4H6N2O2.C4H4N2/c7-3-1-2-5-4(8)6-3;1-2-5-4-6-3-1/h1-2H2,(H2,5,6,7,8);1-4H. The number of nitrogens with zero attached hydrogens (tertiary/aromatic N) is 2. The van der Waals surface area contributed by atoms with Gasteiger partial charge in [-0.2, -0.15) is 0 Å². The molecular formula is C8H10N4O2. The van der Waals surface area contributed by atoms with E-state index in [-0.39, 0.29) is 11.9 Å². The van der Waals surface area contributed by atoms with Crippen LogP contribution in [0.1, 0.15) is 6.42 Å². The van der Waals surface area contributed by atoms with Gasteiger partial charge in [-0.05, 0) is 6.07 Å². The van der Waals surface area contributed by atoms with E-state index < -0.39 is 0 Å². The lowest BCUT2D eigenvalue weighted by Gasteiger charge is -2.10. The van der Waals surface area contributed by atoms with Crippen LogP contribution in [0.3, 0.4) is 0 Å². The molecule has 2 heterocycles. The Bertz CT molecular complexity index is 261. The highest BCUT2D eigenvalue weighted by Crippen LogP contribution is 1.82. The molecule has 1 fully saturated rings. The molecule has 1 aliphatic rings. The SMILES string of the molecule is O=C1CCNC(=O)N1.c1cncnc1. The molecule has 0 spiro atoms. The Morgan fingerprint density at radius 2 is 1.93 bits per heavy atom. The van der Waals surface area contributed by atoms with Gasteiger partial charge in [-0.25, -0.2) is 14.8 Å². The Morgan fingerprint density at radius 3 is 2.21 bits per heavy atom. The summed E-state index contributed by atoms with van der Waals surface area (Å²) in [4.78, 5) is 27.9. The van der Waals surface area contributed by atoms with Gasteiger partial charge in [-0.15, -0.1) is 0 Å². The zero-order valence-electron chi connectivity index (χ0n) is 7.43. The number of amides is 3. The summed E-state index contributed by atoms with van der Waals surface area (Å²) in [6.45, 7) is 0.463. The topological polar surface area (TPSA) is 84.0 Å². The Kier molecular flexibility index (Phi) is 4.06. The summed E-state index contributed by atoms with van der Waals surface area (Å²) < 4.78 is 0. The second-order valence-corrected chi connectivity index (χ2v) is 2.46. The molecule has 0 atom stereocenters. The first kappa shape index (κ1) is 10.1. The van der Waals surface area contributed by atoms with Gasteiger partial charge in [-0.1, -0.05) is 0 Å². The summed E-state index contributed by atoms with van der Waals surface area (Å²) in [5.74, 6) is -0.200. The molecule has 1 aromatic heterocycles. The summed E-state index contributed by atoms with van der Waals surface area (Å²) in [5, 5.41) is 4.53. The van der Waals surface area contributed by atoms with Gasteiger partial charge in [0.05, 0.1) is 0 Å². The number of nitrogens with one attached hydrogen (secondary N) is 2. The molecule has 0 saturated carbocycles. The molecule has 3 amide bonds. The number of rotatable bonds is 0. The van der Waals surface area contributed by atoms with Gasteiger partial charge in [0, 0.05) is 25.4 Å². The van der Waals surface area contributed by atoms with Crippen LogP contribution in [0.4, 0.5) is 4.79 Å². The first-order chi connectivity index (χ1) is 6.79. The van der Waals surface area contributed by atoms with Crippen LogP contribution >= 0.6 is 0 Å². The predicted octanol–water partition coefficient (Wildman–Crippen LogP) is -0.308. The van der Waals surface area contributed by atoms with E-state index in [9.17, 15) is 9.59 Å². The highest BCUT2D eigenvalue weighted by Gasteiger charge is 2.11. The molecule has 6 nitrogen and oxygen atoms in total. The molecule has 1 aromatic rings. The fraction of sp³-hybridized carbons (Fsp3) is 0.250. The van der Waals surface area contributed by atoms with Crippen molar-refractivity contribution in [2.75, 3.05) is 6.54 Å². The smallest absolute Gasteiger partial charge is 0.321 e. The van der Waals surface area contributed by atoms with Crippen molar-refractivity contribution in [2.24, 2.45) is 0 Å². The lowest BCUT2D eigenvalue weighted by atomic mass is 10.3. The average molecular weight is 194 g/mol. The molecule has 0 radical (unpaired) electrons. The lowest BCUT2D eigenvalue weighted by Crippen LogP contribution is -2.46. The van der Waals surface area contributed by atoms with Crippen molar-refractivity contribution in [2.45, 2.75) is 6.42 Å². The van der Waals surface area contributed by atoms with Gasteiger partial charge < -0.3 is 5.32 Å². The van der Waals surface area contributed by atoms with Crippen molar-refractivity contribution in [1.29, 1.82) is 0 Å². The zero-order chi connectivity index (χ0) is 10.2. The Labute approximate surface area is 80.8 Å². The van der Waals surface area contributed by atoms with E-state index in [0.29, 0.717) is 13.0 Å². The summed E-state index contributed by atoms with van der Waals surface area (Å²) in [6.07, 6.45) is 5.27. The van der Waals surface area contributed by atoms with Gasteiger partial charge in [0.15, 0.2) is 0 Å². The Balaban J connectivity index is 0.000000146. The summed E-state index contributed by atoms with van der Waals surface area (Å²) in [7, 11) is 0. The van der Waals surface area contributed by atoms with Crippen LogP contribution in [0.2, 0.25) is 0 Å². The van der Waals surface area contributed by atoms with Crippen molar-refractivity contribution >= 4 is 11.9 Å². The van der Waals surface area contributed by atoms with E-state index in [4.69, 9.17) is 0 Å². The first-order valence-corrected chi connectivity index (χ1v) is 4.06. The number of aromatic nitrogens is 2. The van der Waals surface area contributed by atoms with Crippen molar-refractivity contribution in [3.63, 3.8) is 0 Å². The largest absolute Gasteiger partial charge is 0.337 e.